The Hall–Kier alpha value is -2.95. The average molecular weight is 312 g/mol. The Kier molecular flexibility index (Phi) is 3.93. The summed E-state index contributed by atoms with van der Waals surface area (Å²) in [5.74, 6) is 0.594. The molecule has 0 atom stereocenters. The van der Waals surface area contributed by atoms with Gasteiger partial charge in [0.15, 0.2) is 0 Å². The summed E-state index contributed by atoms with van der Waals surface area (Å²) in [6.07, 6.45) is 0. The van der Waals surface area contributed by atoms with Crippen molar-refractivity contribution in [3.05, 3.63) is 48.0 Å². The number of carboxylic acid groups (broad SMARTS) is 1. The molecule has 5 nitrogen and oxygen atoms in total. The molecule has 0 unspecified atom stereocenters. The van der Waals surface area contributed by atoms with Crippen molar-refractivity contribution < 1.29 is 23.8 Å². The van der Waals surface area contributed by atoms with E-state index >= 15 is 0 Å². The molecule has 0 aliphatic carbocycles. The van der Waals surface area contributed by atoms with E-state index in [1.54, 1.807) is 49.6 Å². The van der Waals surface area contributed by atoms with Crippen molar-refractivity contribution in [2.24, 2.45) is 0 Å². The summed E-state index contributed by atoms with van der Waals surface area (Å²) in [7, 11) is 1.58. The van der Waals surface area contributed by atoms with E-state index in [4.69, 9.17) is 13.9 Å². The lowest BCUT2D eigenvalue weighted by molar-refractivity contribution is 0.0699. The summed E-state index contributed by atoms with van der Waals surface area (Å²) in [5.41, 5.74) is 1.32. The van der Waals surface area contributed by atoms with Crippen LogP contribution in [0, 0.1) is 0 Å². The summed E-state index contributed by atoms with van der Waals surface area (Å²) >= 11 is 0. The zero-order chi connectivity index (χ0) is 16.4. The first-order chi connectivity index (χ1) is 11.1. The van der Waals surface area contributed by atoms with Crippen LogP contribution in [-0.2, 0) is 0 Å². The first kappa shape index (κ1) is 15.0. The van der Waals surface area contributed by atoms with Gasteiger partial charge in [0.2, 0.25) is 0 Å². The van der Waals surface area contributed by atoms with Crippen LogP contribution in [0.2, 0.25) is 0 Å². The smallest absolute Gasteiger partial charge is 0.340 e. The van der Waals surface area contributed by atoms with Crippen molar-refractivity contribution in [2.45, 2.75) is 6.92 Å². The molecule has 118 valence electrons. The van der Waals surface area contributed by atoms with Crippen molar-refractivity contribution in [1.82, 2.24) is 0 Å². The van der Waals surface area contributed by atoms with E-state index in [2.05, 4.69) is 0 Å². The maximum Gasteiger partial charge on any atom is 0.340 e. The van der Waals surface area contributed by atoms with Gasteiger partial charge in [-0.3, -0.25) is 0 Å². The summed E-state index contributed by atoms with van der Waals surface area (Å²) in [6, 6.07) is 12.2. The predicted octanol–water partition coefficient (Wildman–Crippen LogP) is 4.21. The molecule has 1 heterocycles. The minimum Gasteiger partial charge on any atom is -0.497 e. The summed E-state index contributed by atoms with van der Waals surface area (Å²) in [6.45, 7) is 2.39. The molecule has 0 saturated heterocycles. The first-order valence-electron chi connectivity index (χ1n) is 7.21. The number of benzene rings is 2. The number of carboxylic acids is 1. The quantitative estimate of drug-likeness (QED) is 0.764. The summed E-state index contributed by atoms with van der Waals surface area (Å²) in [5, 5.41) is 10.1. The van der Waals surface area contributed by atoms with Gasteiger partial charge in [-0.15, -0.1) is 0 Å². The lowest BCUT2D eigenvalue weighted by Crippen LogP contribution is -1.97. The van der Waals surface area contributed by atoms with Crippen LogP contribution in [0.1, 0.15) is 17.3 Å². The zero-order valence-electron chi connectivity index (χ0n) is 12.8. The molecule has 5 heteroatoms. The Balaban J connectivity index is 2.18. The second-order valence-corrected chi connectivity index (χ2v) is 4.93. The fraction of sp³-hybridized carbons (Fsp3) is 0.167. The standard InChI is InChI=1S/C18H16O5/c1-3-22-13-8-9-15-14(10-13)16(18(19)20)17(23-15)11-4-6-12(21-2)7-5-11/h4-10H,3H2,1-2H3,(H,19,20). The van der Waals surface area contributed by atoms with Gasteiger partial charge in [0.1, 0.15) is 28.4 Å². The molecule has 0 aliphatic heterocycles. The van der Waals surface area contributed by atoms with E-state index in [-0.39, 0.29) is 5.56 Å². The highest BCUT2D eigenvalue weighted by molar-refractivity contribution is 6.08. The third-order valence-corrected chi connectivity index (χ3v) is 3.54. The van der Waals surface area contributed by atoms with E-state index in [0.717, 1.165) is 0 Å². The van der Waals surface area contributed by atoms with Crippen molar-refractivity contribution in [2.75, 3.05) is 13.7 Å². The number of rotatable bonds is 5. The maximum atomic E-state index is 11.7. The van der Waals surface area contributed by atoms with Gasteiger partial charge in [-0.1, -0.05) is 0 Å². The summed E-state index contributed by atoms with van der Waals surface area (Å²) in [4.78, 5) is 11.7. The molecule has 2 aromatic carbocycles. The second kappa shape index (κ2) is 6.04. The Labute approximate surface area is 133 Å². The Morgan fingerprint density at radius 2 is 1.83 bits per heavy atom. The van der Waals surface area contributed by atoms with E-state index in [1.807, 2.05) is 6.92 Å². The minimum absolute atomic E-state index is 0.131. The Morgan fingerprint density at radius 1 is 1.13 bits per heavy atom. The fourth-order valence-electron chi connectivity index (χ4n) is 2.49. The highest BCUT2D eigenvalue weighted by Crippen LogP contribution is 2.36. The highest BCUT2D eigenvalue weighted by Gasteiger charge is 2.22. The van der Waals surface area contributed by atoms with E-state index in [0.29, 0.717) is 40.4 Å². The Morgan fingerprint density at radius 3 is 2.43 bits per heavy atom. The van der Waals surface area contributed by atoms with E-state index in [9.17, 15) is 9.90 Å². The van der Waals surface area contributed by atoms with Gasteiger partial charge >= 0.3 is 5.97 Å². The molecule has 3 aromatic rings. The monoisotopic (exact) mass is 312 g/mol. The second-order valence-electron chi connectivity index (χ2n) is 4.93. The van der Waals surface area contributed by atoms with Crippen LogP contribution in [0.5, 0.6) is 11.5 Å². The number of furan rings is 1. The third kappa shape index (κ3) is 2.73. The van der Waals surface area contributed by atoms with E-state index < -0.39 is 5.97 Å². The number of ether oxygens (including phenoxy) is 2. The SMILES string of the molecule is CCOc1ccc2oc(-c3ccc(OC)cc3)c(C(=O)O)c2c1. The molecule has 3 rings (SSSR count). The molecule has 0 radical (unpaired) electrons. The van der Waals surface area contributed by atoms with Crippen LogP contribution < -0.4 is 9.47 Å². The normalized spacial score (nSPS) is 10.7. The first-order valence-corrected chi connectivity index (χ1v) is 7.21. The topological polar surface area (TPSA) is 68.9 Å². The Bertz CT molecular complexity index is 846. The van der Waals surface area contributed by atoms with Gasteiger partial charge < -0.3 is 19.0 Å². The molecule has 0 saturated carbocycles. The third-order valence-electron chi connectivity index (χ3n) is 3.54. The molecule has 0 amide bonds. The van der Waals surface area contributed by atoms with Crippen LogP contribution in [0.25, 0.3) is 22.3 Å². The van der Waals surface area contributed by atoms with Crippen molar-refractivity contribution in [3.63, 3.8) is 0 Å². The maximum absolute atomic E-state index is 11.7. The van der Waals surface area contributed by atoms with Gasteiger partial charge in [-0.05, 0) is 49.4 Å². The number of hydrogen-bond acceptors (Lipinski definition) is 4. The number of methoxy groups -OCH3 is 1. The van der Waals surface area contributed by atoms with Crippen molar-refractivity contribution in [1.29, 1.82) is 0 Å². The number of carbonyl (C=O) groups is 1. The largest absolute Gasteiger partial charge is 0.497 e. The fourth-order valence-corrected chi connectivity index (χ4v) is 2.49. The van der Waals surface area contributed by atoms with E-state index in [1.165, 1.54) is 0 Å². The molecule has 0 aliphatic rings. The molecule has 23 heavy (non-hydrogen) atoms. The number of fused-ring (bicyclic) bond motifs is 1. The molecule has 0 spiro atoms. The van der Waals surface area contributed by atoms with Gasteiger partial charge in [-0.25, -0.2) is 4.79 Å². The molecule has 1 N–H and O–H groups in total. The number of hydrogen-bond donors (Lipinski definition) is 1. The average Bonchev–Trinajstić information content (AvgIpc) is 2.94. The van der Waals surface area contributed by atoms with Crippen LogP contribution in [0.4, 0.5) is 0 Å². The van der Waals surface area contributed by atoms with Gasteiger partial charge in [-0.2, -0.15) is 0 Å². The predicted molar refractivity (Wildman–Crippen MR) is 86.3 cm³/mol. The molecule has 0 bridgehead atoms. The molecular weight excluding hydrogens is 296 g/mol. The van der Waals surface area contributed by atoms with Crippen LogP contribution in [0.15, 0.2) is 46.9 Å². The van der Waals surface area contributed by atoms with Crippen molar-refractivity contribution >= 4 is 16.9 Å². The van der Waals surface area contributed by atoms with Gasteiger partial charge in [0, 0.05) is 10.9 Å². The van der Waals surface area contributed by atoms with Crippen molar-refractivity contribution in [3.8, 4) is 22.8 Å². The molecular formula is C18H16O5. The number of aromatic carboxylic acids is 1. The van der Waals surface area contributed by atoms with Crippen LogP contribution >= 0.6 is 0 Å². The minimum atomic E-state index is -1.04. The molecule has 1 aromatic heterocycles. The lowest BCUT2D eigenvalue weighted by atomic mass is 10.1. The van der Waals surface area contributed by atoms with Gasteiger partial charge in [0.05, 0.1) is 13.7 Å². The lowest BCUT2D eigenvalue weighted by Gasteiger charge is -2.02. The summed E-state index contributed by atoms with van der Waals surface area (Å²) < 4.78 is 16.3. The zero-order valence-corrected chi connectivity index (χ0v) is 12.8. The molecule has 0 fully saturated rings. The van der Waals surface area contributed by atoms with Crippen LogP contribution in [0.3, 0.4) is 0 Å². The van der Waals surface area contributed by atoms with Crippen LogP contribution in [-0.4, -0.2) is 24.8 Å². The van der Waals surface area contributed by atoms with Gasteiger partial charge in [0.25, 0.3) is 0 Å². The highest BCUT2D eigenvalue weighted by atomic mass is 16.5.